The highest BCUT2D eigenvalue weighted by Crippen LogP contribution is 2.26. The molecule has 1 fully saturated rings. The molecule has 0 spiro atoms. The van der Waals surface area contributed by atoms with Crippen molar-refractivity contribution in [1.82, 2.24) is 5.32 Å². The number of primary amides is 1. The number of hydrogen-bond acceptors (Lipinski definition) is 3. The number of nitrogens with zero attached hydrogens (tertiary/aromatic N) is 1. The third-order valence-electron chi connectivity index (χ3n) is 4.35. The number of carbonyl (C=O) groups is 1. The summed E-state index contributed by atoms with van der Waals surface area (Å²) in [5.74, 6) is -0.221. The Hall–Kier alpha value is -1.55. The van der Waals surface area contributed by atoms with Gasteiger partial charge in [-0.25, -0.2) is 0 Å². The fraction of sp³-hybridized carbons (Fsp3) is 0.562. The minimum absolute atomic E-state index is 0.139. The Morgan fingerprint density at radius 1 is 1.35 bits per heavy atom. The second-order valence-corrected chi connectivity index (χ2v) is 5.87. The fourth-order valence-corrected chi connectivity index (χ4v) is 2.69. The van der Waals surface area contributed by atoms with E-state index in [4.69, 9.17) is 5.73 Å². The number of hydrogen-bond donors (Lipinski definition) is 2. The van der Waals surface area contributed by atoms with E-state index in [1.165, 1.54) is 11.3 Å². The standard InChI is InChI=1S/C16H25N3O/c1-11-10-19(9-8-18-11)15-6-4-14(5-7-15)12(2)13(3)16(17)20/h4-7,11-13,18H,8-10H2,1-3H3,(H2,17,20)/t11-,12+,13?/m1/s1. The molecule has 2 rings (SSSR count). The molecule has 1 aliphatic heterocycles. The molecule has 0 bridgehead atoms. The second-order valence-electron chi connectivity index (χ2n) is 5.87. The zero-order chi connectivity index (χ0) is 14.7. The molecule has 1 saturated heterocycles. The van der Waals surface area contributed by atoms with Gasteiger partial charge < -0.3 is 16.0 Å². The van der Waals surface area contributed by atoms with Gasteiger partial charge in [0.2, 0.25) is 5.91 Å². The highest BCUT2D eigenvalue weighted by molar-refractivity contribution is 5.77. The number of piperazine rings is 1. The molecular weight excluding hydrogens is 250 g/mol. The molecule has 4 heteroatoms. The third kappa shape index (κ3) is 3.31. The van der Waals surface area contributed by atoms with E-state index in [1.54, 1.807) is 0 Å². The predicted octanol–water partition coefficient (Wildman–Crippen LogP) is 1.71. The highest BCUT2D eigenvalue weighted by atomic mass is 16.1. The number of nitrogens with two attached hydrogens (primary N) is 1. The molecule has 1 aliphatic rings. The van der Waals surface area contributed by atoms with E-state index in [1.807, 2.05) is 6.92 Å². The zero-order valence-corrected chi connectivity index (χ0v) is 12.6. The Labute approximate surface area is 121 Å². The minimum atomic E-state index is -0.238. The van der Waals surface area contributed by atoms with Gasteiger partial charge in [-0.05, 0) is 30.5 Å². The van der Waals surface area contributed by atoms with Gasteiger partial charge >= 0.3 is 0 Å². The maximum absolute atomic E-state index is 11.3. The summed E-state index contributed by atoms with van der Waals surface area (Å²) in [6.07, 6.45) is 0. The van der Waals surface area contributed by atoms with E-state index in [0.717, 1.165) is 19.6 Å². The summed E-state index contributed by atoms with van der Waals surface area (Å²) in [6, 6.07) is 9.06. The Balaban J connectivity index is 2.08. The lowest BCUT2D eigenvalue weighted by Crippen LogP contribution is -2.49. The number of benzene rings is 1. The van der Waals surface area contributed by atoms with Gasteiger partial charge in [0, 0.05) is 37.3 Å². The predicted molar refractivity (Wildman–Crippen MR) is 82.9 cm³/mol. The van der Waals surface area contributed by atoms with E-state index in [9.17, 15) is 4.79 Å². The highest BCUT2D eigenvalue weighted by Gasteiger charge is 2.20. The van der Waals surface area contributed by atoms with Gasteiger partial charge in [0.15, 0.2) is 0 Å². The van der Waals surface area contributed by atoms with Gasteiger partial charge in [-0.1, -0.05) is 26.0 Å². The molecule has 3 N–H and O–H groups in total. The van der Waals surface area contributed by atoms with Crippen molar-refractivity contribution in [3.8, 4) is 0 Å². The lowest BCUT2D eigenvalue weighted by Gasteiger charge is -2.33. The van der Waals surface area contributed by atoms with Crippen molar-refractivity contribution in [2.45, 2.75) is 32.7 Å². The van der Waals surface area contributed by atoms with Crippen LogP contribution in [0.15, 0.2) is 24.3 Å². The molecule has 110 valence electrons. The third-order valence-corrected chi connectivity index (χ3v) is 4.35. The quantitative estimate of drug-likeness (QED) is 0.879. The van der Waals surface area contributed by atoms with E-state index in [2.05, 4.69) is 48.3 Å². The van der Waals surface area contributed by atoms with Crippen LogP contribution in [0.2, 0.25) is 0 Å². The average Bonchev–Trinajstić information content (AvgIpc) is 2.46. The van der Waals surface area contributed by atoms with Gasteiger partial charge in [0.25, 0.3) is 0 Å². The Bertz CT molecular complexity index is 457. The first-order chi connectivity index (χ1) is 9.49. The molecule has 1 aromatic rings. The van der Waals surface area contributed by atoms with Crippen LogP contribution in [-0.4, -0.2) is 31.6 Å². The number of nitrogens with one attached hydrogen (secondary N) is 1. The lowest BCUT2D eigenvalue weighted by atomic mass is 9.88. The normalized spacial score (nSPS) is 22.4. The van der Waals surface area contributed by atoms with E-state index < -0.39 is 0 Å². The van der Waals surface area contributed by atoms with Crippen LogP contribution in [-0.2, 0) is 4.79 Å². The zero-order valence-electron chi connectivity index (χ0n) is 12.6. The van der Waals surface area contributed by atoms with Crippen LogP contribution in [0, 0.1) is 5.92 Å². The van der Waals surface area contributed by atoms with Crippen LogP contribution in [0.1, 0.15) is 32.3 Å². The van der Waals surface area contributed by atoms with E-state index in [0.29, 0.717) is 6.04 Å². The average molecular weight is 275 g/mol. The first kappa shape index (κ1) is 14.9. The maximum Gasteiger partial charge on any atom is 0.220 e. The van der Waals surface area contributed by atoms with Crippen LogP contribution in [0.4, 0.5) is 5.69 Å². The summed E-state index contributed by atoms with van der Waals surface area (Å²) >= 11 is 0. The Morgan fingerprint density at radius 2 is 2.00 bits per heavy atom. The Morgan fingerprint density at radius 3 is 2.55 bits per heavy atom. The van der Waals surface area contributed by atoms with Crippen LogP contribution in [0.25, 0.3) is 0 Å². The molecule has 0 saturated carbocycles. The molecule has 4 nitrogen and oxygen atoms in total. The van der Waals surface area contributed by atoms with E-state index in [-0.39, 0.29) is 17.7 Å². The van der Waals surface area contributed by atoms with Gasteiger partial charge in [0.1, 0.15) is 0 Å². The summed E-state index contributed by atoms with van der Waals surface area (Å²) in [7, 11) is 0. The molecule has 0 radical (unpaired) electrons. The van der Waals surface area contributed by atoms with Crippen molar-refractivity contribution < 1.29 is 4.79 Å². The van der Waals surface area contributed by atoms with Crippen LogP contribution < -0.4 is 16.0 Å². The molecule has 1 heterocycles. The molecular formula is C16H25N3O. The minimum Gasteiger partial charge on any atom is -0.369 e. The molecule has 20 heavy (non-hydrogen) atoms. The molecule has 0 aromatic heterocycles. The Kier molecular flexibility index (Phi) is 4.65. The fourth-order valence-electron chi connectivity index (χ4n) is 2.69. The number of rotatable bonds is 4. The lowest BCUT2D eigenvalue weighted by molar-refractivity contribution is -0.121. The summed E-state index contributed by atoms with van der Waals surface area (Å²) < 4.78 is 0. The van der Waals surface area contributed by atoms with Gasteiger partial charge in [0.05, 0.1) is 0 Å². The molecule has 1 aromatic carbocycles. The molecule has 0 aliphatic carbocycles. The van der Waals surface area contributed by atoms with Crippen LogP contribution in [0.5, 0.6) is 0 Å². The SMILES string of the molecule is CC(C(N)=O)[C@H](C)c1ccc(N2CCN[C@H](C)C2)cc1. The first-order valence-electron chi connectivity index (χ1n) is 7.36. The van der Waals surface area contributed by atoms with Crippen molar-refractivity contribution >= 4 is 11.6 Å². The second kappa shape index (κ2) is 6.27. The maximum atomic E-state index is 11.3. The summed E-state index contributed by atoms with van der Waals surface area (Å²) in [5.41, 5.74) is 7.80. The topological polar surface area (TPSA) is 58.4 Å². The van der Waals surface area contributed by atoms with Crippen LogP contribution in [0.3, 0.4) is 0 Å². The van der Waals surface area contributed by atoms with Gasteiger partial charge in [-0.3, -0.25) is 4.79 Å². The summed E-state index contributed by atoms with van der Waals surface area (Å²) in [6.45, 7) is 9.24. The van der Waals surface area contributed by atoms with E-state index >= 15 is 0 Å². The summed E-state index contributed by atoms with van der Waals surface area (Å²) in [4.78, 5) is 13.7. The number of carbonyl (C=O) groups excluding carboxylic acids is 1. The first-order valence-corrected chi connectivity index (χ1v) is 7.36. The number of amides is 1. The molecule has 1 amide bonds. The van der Waals surface area contributed by atoms with Crippen molar-refractivity contribution in [2.75, 3.05) is 24.5 Å². The van der Waals surface area contributed by atoms with Crippen molar-refractivity contribution in [3.63, 3.8) is 0 Å². The van der Waals surface area contributed by atoms with Crippen molar-refractivity contribution in [1.29, 1.82) is 0 Å². The largest absolute Gasteiger partial charge is 0.369 e. The summed E-state index contributed by atoms with van der Waals surface area (Å²) in [5, 5.41) is 3.45. The van der Waals surface area contributed by atoms with Crippen molar-refractivity contribution in [2.24, 2.45) is 11.7 Å². The van der Waals surface area contributed by atoms with Crippen LogP contribution >= 0.6 is 0 Å². The molecule has 1 unspecified atom stereocenters. The van der Waals surface area contributed by atoms with Gasteiger partial charge in [-0.2, -0.15) is 0 Å². The van der Waals surface area contributed by atoms with Crippen molar-refractivity contribution in [3.05, 3.63) is 29.8 Å². The smallest absolute Gasteiger partial charge is 0.220 e. The van der Waals surface area contributed by atoms with Gasteiger partial charge in [-0.15, -0.1) is 0 Å². The number of anilines is 1. The molecule has 3 atom stereocenters. The monoisotopic (exact) mass is 275 g/mol.